The van der Waals surface area contributed by atoms with Crippen LogP contribution in [0.1, 0.15) is 19.8 Å². The Morgan fingerprint density at radius 3 is 3.06 bits per heavy atom. The van der Waals surface area contributed by atoms with Crippen molar-refractivity contribution in [2.24, 2.45) is 0 Å². The van der Waals surface area contributed by atoms with Gasteiger partial charge in [-0.25, -0.2) is 0 Å². The molecule has 0 atom stereocenters. The van der Waals surface area contributed by atoms with Gasteiger partial charge in [0.2, 0.25) is 5.88 Å². The van der Waals surface area contributed by atoms with Gasteiger partial charge in [0.1, 0.15) is 0 Å². The first-order chi connectivity index (χ1) is 8.90. The molecule has 3 aromatic rings. The Labute approximate surface area is 104 Å². The van der Waals surface area contributed by atoms with Crippen LogP contribution in [0.15, 0.2) is 24.3 Å². The fourth-order valence-corrected chi connectivity index (χ4v) is 1.82. The lowest BCUT2D eigenvalue weighted by atomic mass is 10.2. The van der Waals surface area contributed by atoms with Gasteiger partial charge in [-0.15, -0.1) is 0 Å². The highest BCUT2D eigenvalue weighted by molar-refractivity contribution is 5.85. The van der Waals surface area contributed by atoms with Gasteiger partial charge < -0.3 is 4.74 Å². The highest BCUT2D eigenvalue weighted by Gasteiger charge is 2.10. The molecule has 1 aromatic carbocycles. The van der Waals surface area contributed by atoms with Gasteiger partial charge in [-0.1, -0.05) is 30.6 Å². The third-order valence-electron chi connectivity index (χ3n) is 2.75. The Kier molecular flexibility index (Phi) is 2.76. The molecule has 0 N–H and O–H groups in total. The Balaban J connectivity index is 2.14. The second kappa shape index (κ2) is 4.56. The van der Waals surface area contributed by atoms with Crippen molar-refractivity contribution in [3.05, 3.63) is 24.3 Å². The summed E-state index contributed by atoms with van der Waals surface area (Å²) in [5.74, 6) is 1.06. The third kappa shape index (κ3) is 1.75. The van der Waals surface area contributed by atoms with Crippen molar-refractivity contribution in [3.8, 4) is 5.88 Å². The Morgan fingerprint density at radius 2 is 2.17 bits per heavy atom. The number of para-hydroxylation sites is 1. The first-order valence-electron chi connectivity index (χ1n) is 6.00. The number of ether oxygens (including phenoxy) is 1. The number of fused-ring (bicyclic) bond motifs is 3. The number of aromatic nitrogens is 5. The topological polar surface area (TPSA) is 65.2 Å². The number of unbranched alkanes of at least 4 members (excludes halogenated alkanes) is 1. The number of hydrogen-bond donors (Lipinski definition) is 0. The number of hydrogen-bond acceptors (Lipinski definition) is 5. The number of benzene rings is 1. The van der Waals surface area contributed by atoms with Crippen LogP contribution in [0.2, 0.25) is 0 Å². The van der Waals surface area contributed by atoms with Gasteiger partial charge in [0.05, 0.1) is 17.5 Å². The second-order valence-electron chi connectivity index (χ2n) is 4.03. The van der Waals surface area contributed by atoms with Crippen molar-refractivity contribution >= 4 is 16.7 Å². The molecule has 2 heterocycles. The summed E-state index contributed by atoms with van der Waals surface area (Å²) in [6.07, 6.45) is 2.10. The van der Waals surface area contributed by atoms with E-state index in [4.69, 9.17) is 4.74 Å². The van der Waals surface area contributed by atoms with Crippen molar-refractivity contribution in [1.29, 1.82) is 0 Å². The van der Waals surface area contributed by atoms with Crippen molar-refractivity contribution < 1.29 is 4.74 Å². The SMILES string of the molecule is CCCCOc1nc2nnnn2c2ccccc12. The predicted octanol–water partition coefficient (Wildman–Crippen LogP) is 1.85. The van der Waals surface area contributed by atoms with Crippen molar-refractivity contribution in [2.75, 3.05) is 6.61 Å². The van der Waals surface area contributed by atoms with E-state index in [-0.39, 0.29) is 0 Å². The van der Waals surface area contributed by atoms with Gasteiger partial charge >= 0.3 is 0 Å². The molecule has 0 aliphatic carbocycles. The highest BCUT2D eigenvalue weighted by atomic mass is 16.5. The molecule has 6 nitrogen and oxygen atoms in total. The maximum absolute atomic E-state index is 5.72. The first-order valence-corrected chi connectivity index (χ1v) is 6.00. The van der Waals surface area contributed by atoms with E-state index in [1.54, 1.807) is 4.52 Å². The van der Waals surface area contributed by atoms with Crippen molar-refractivity contribution in [2.45, 2.75) is 19.8 Å². The van der Waals surface area contributed by atoms with Crippen molar-refractivity contribution in [1.82, 2.24) is 25.0 Å². The lowest BCUT2D eigenvalue weighted by molar-refractivity contribution is 0.302. The molecular formula is C12H13N5O. The molecule has 0 bridgehead atoms. The summed E-state index contributed by atoms with van der Waals surface area (Å²) in [6.45, 7) is 2.78. The normalized spacial score (nSPS) is 11.2. The van der Waals surface area contributed by atoms with E-state index in [0.717, 1.165) is 23.7 Å². The van der Waals surface area contributed by atoms with Crippen LogP contribution in [-0.2, 0) is 0 Å². The molecule has 0 aliphatic heterocycles. The van der Waals surface area contributed by atoms with Crippen LogP contribution in [0.25, 0.3) is 16.7 Å². The van der Waals surface area contributed by atoms with E-state index >= 15 is 0 Å². The predicted molar refractivity (Wildman–Crippen MR) is 66.5 cm³/mol. The summed E-state index contributed by atoms with van der Waals surface area (Å²) in [4.78, 5) is 4.34. The first kappa shape index (κ1) is 10.9. The maximum atomic E-state index is 5.72. The van der Waals surface area contributed by atoms with E-state index in [1.807, 2.05) is 24.3 Å². The zero-order valence-corrected chi connectivity index (χ0v) is 10.1. The Bertz CT molecular complexity index is 678. The van der Waals surface area contributed by atoms with Gasteiger partial charge in [-0.2, -0.15) is 9.50 Å². The molecule has 2 aromatic heterocycles. The standard InChI is InChI=1S/C12H13N5O/c1-2-3-8-18-11-9-6-4-5-7-10(9)17-12(13-11)14-15-16-17/h4-7H,2-3,8H2,1H3. The highest BCUT2D eigenvalue weighted by Crippen LogP contribution is 2.23. The fourth-order valence-electron chi connectivity index (χ4n) is 1.82. The summed E-state index contributed by atoms with van der Waals surface area (Å²) in [7, 11) is 0. The van der Waals surface area contributed by atoms with E-state index in [1.165, 1.54) is 0 Å². The molecule has 0 saturated heterocycles. The molecule has 18 heavy (non-hydrogen) atoms. The molecule has 3 rings (SSSR count). The zero-order chi connectivity index (χ0) is 12.4. The molecule has 0 fully saturated rings. The molecule has 6 heteroatoms. The summed E-state index contributed by atoms with van der Waals surface area (Å²) in [6, 6.07) is 7.81. The summed E-state index contributed by atoms with van der Waals surface area (Å²) < 4.78 is 7.33. The maximum Gasteiger partial charge on any atom is 0.277 e. The van der Waals surface area contributed by atoms with Crippen LogP contribution in [0.4, 0.5) is 0 Å². The number of rotatable bonds is 4. The molecular weight excluding hydrogens is 230 g/mol. The molecule has 0 amide bonds. The molecule has 92 valence electrons. The van der Waals surface area contributed by atoms with E-state index in [9.17, 15) is 0 Å². The van der Waals surface area contributed by atoms with Gasteiger partial charge in [0, 0.05) is 0 Å². The minimum atomic E-state index is 0.459. The molecule has 0 radical (unpaired) electrons. The van der Waals surface area contributed by atoms with Gasteiger partial charge in [0.15, 0.2) is 0 Å². The minimum absolute atomic E-state index is 0.459. The average molecular weight is 243 g/mol. The molecule has 0 unspecified atom stereocenters. The Morgan fingerprint density at radius 1 is 1.28 bits per heavy atom. The van der Waals surface area contributed by atoms with E-state index < -0.39 is 0 Å². The monoisotopic (exact) mass is 243 g/mol. The lowest BCUT2D eigenvalue weighted by Crippen LogP contribution is -2.02. The van der Waals surface area contributed by atoms with Crippen molar-refractivity contribution in [3.63, 3.8) is 0 Å². The minimum Gasteiger partial charge on any atom is -0.477 e. The van der Waals surface area contributed by atoms with Crippen LogP contribution < -0.4 is 4.74 Å². The van der Waals surface area contributed by atoms with Gasteiger partial charge in [-0.05, 0) is 29.0 Å². The van der Waals surface area contributed by atoms with E-state index in [2.05, 4.69) is 27.4 Å². The zero-order valence-electron chi connectivity index (χ0n) is 10.1. The fraction of sp³-hybridized carbons (Fsp3) is 0.333. The number of tetrazole rings is 1. The average Bonchev–Trinajstić information content (AvgIpc) is 2.87. The second-order valence-corrected chi connectivity index (χ2v) is 4.03. The van der Waals surface area contributed by atoms with Gasteiger partial charge in [0.25, 0.3) is 5.78 Å². The third-order valence-corrected chi connectivity index (χ3v) is 2.75. The quantitative estimate of drug-likeness (QED) is 0.654. The Hall–Kier alpha value is -2.24. The van der Waals surface area contributed by atoms with Crippen LogP contribution in [0.3, 0.4) is 0 Å². The van der Waals surface area contributed by atoms with Gasteiger partial charge in [-0.3, -0.25) is 0 Å². The lowest BCUT2D eigenvalue weighted by Gasteiger charge is -2.07. The van der Waals surface area contributed by atoms with Crippen LogP contribution in [-0.4, -0.2) is 31.6 Å². The summed E-state index contributed by atoms with van der Waals surface area (Å²) in [5, 5.41) is 12.3. The molecule has 0 saturated carbocycles. The van der Waals surface area contributed by atoms with Crippen LogP contribution in [0.5, 0.6) is 5.88 Å². The van der Waals surface area contributed by atoms with E-state index in [0.29, 0.717) is 18.3 Å². The van der Waals surface area contributed by atoms with Crippen LogP contribution in [0, 0.1) is 0 Å². The molecule has 0 aliphatic rings. The van der Waals surface area contributed by atoms with Crippen LogP contribution >= 0.6 is 0 Å². The largest absolute Gasteiger partial charge is 0.477 e. The smallest absolute Gasteiger partial charge is 0.277 e. The summed E-state index contributed by atoms with van der Waals surface area (Å²) in [5.41, 5.74) is 0.902. The molecule has 0 spiro atoms. The summed E-state index contributed by atoms with van der Waals surface area (Å²) >= 11 is 0. The number of nitrogens with zero attached hydrogens (tertiary/aromatic N) is 5.